The van der Waals surface area contributed by atoms with Crippen molar-refractivity contribution in [2.45, 2.75) is 93.5 Å². The third kappa shape index (κ3) is 5.69. The number of carbonyl (C=O) groups excluding carboxylic acids is 3. The lowest BCUT2D eigenvalue weighted by Crippen LogP contribution is -2.58. The standard InChI is InChI=1S/C28H37FN4O5S/c1-27(14-15-27)39(37,38)32-26(36)28-18-19(28)9-5-3-2-4-6-12-22(30-21-11-7-10-20(29)17-21)25(35)33-16-8-13-23(33)24(34)31-28/h5,7,9-11,17,19,22-23,30H,2-4,6,8,12-16,18H2,1H3,(H,31,34)(H,32,36). The van der Waals surface area contributed by atoms with Crippen molar-refractivity contribution in [3.05, 3.63) is 42.2 Å². The summed E-state index contributed by atoms with van der Waals surface area (Å²) in [7, 11) is -3.87. The number of fused-ring (bicyclic) bond motifs is 2. The molecule has 1 aromatic rings. The number of allylic oxidation sites excluding steroid dienone is 1. The number of amides is 3. The van der Waals surface area contributed by atoms with Crippen molar-refractivity contribution in [2.75, 3.05) is 11.9 Å². The first-order valence-corrected chi connectivity index (χ1v) is 15.4. The molecule has 9 nitrogen and oxygen atoms in total. The van der Waals surface area contributed by atoms with E-state index in [1.165, 1.54) is 12.1 Å². The minimum Gasteiger partial charge on any atom is -0.374 e. The molecule has 39 heavy (non-hydrogen) atoms. The van der Waals surface area contributed by atoms with Crippen molar-refractivity contribution in [3.63, 3.8) is 0 Å². The molecule has 3 fully saturated rings. The Balaban J connectivity index is 1.38. The quantitative estimate of drug-likeness (QED) is 0.476. The molecule has 2 aliphatic heterocycles. The maximum atomic E-state index is 13.8. The summed E-state index contributed by atoms with van der Waals surface area (Å²) in [4.78, 5) is 42.2. The van der Waals surface area contributed by atoms with Crippen molar-refractivity contribution in [1.82, 2.24) is 14.9 Å². The van der Waals surface area contributed by atoms with Gasteiger partial charge in [0, 0.05) is 18.2 Å². The largest absolute Gasteiger partial charge is 0.374 e. The predicted molar refractivity (Wildman–Crippen MR) is 144 cm³/mol. The molecule has 0 aromatic heterocycles. The lowest BCUT2D eigenvalue weighted by atomic mass is 10.0. The van der Waals surface area contributed by atoms with Crippen LogP contribution in [-0.4, -0.2) is 60.0 Å². The van der Waals surface area contributed by atoms with Gasteiger partial charge in [0.15, 0.2) is 0 Å². The summed E-state index contributed by atoms with van der Waals surface area (Å²) >= 11 is 0. The summed E-state index contributed by atoms with van der Waals surface area (Å²) in [6, 6.07) is 4.56. The number of nitrogens with one attached hydrogen (secondary N) is 3. The van der Waals surface area contributed by atoms with Crippen LogP contribution in [0.2, 0.25) is 0 Å². The maximum Gasteiger partial charge on any atom is 0.259 e. The number of hydrogen-bond donors (Lipinski definition) is 3. The van der Waals surface area contributed by atoms with Crippen LogP contribution in [0.15, 0.2) is 36.4 Å². The van der Waals surface area contributed by atoms with Gasteiger partial charge in [0.1, 0.15) is 23.4 Å². The van der Waals surface area contributed by atoms with Crippen LogP contribution >= 0.6 is 0 Å². The molecule has 0 bridgehead atoms. The highest BCUT2D eigenvalue weighted by Gasteiger charge is 2.62. The smallest absolute Gasteiger partial charge is 0.259 e. The van der Waals surface area contributed by atoms with E-state index in [1.54, 1.807) is 24.0 Å². The molecule has 4 unspecified atom stereocenters. The molecule has 212 valence electrons. The van der Waals surface area contributed by atoms with Gasteiger partial charge in [-0.15, -0.1) is 0 Å². The molecule has 3 N–H and O–H groups in total. The third-order valence-corrected chi connectivity index (χ3v) is 10.8. The van der Waals surface area contributed by atoms with E-state index in [9.17, 15) is 27.2 Å². The number of halogens is 1. The number of benzene rings is 1. The van der Waals surface area contributed by atoms with Crippen LogP contribution in [0.1, 0.15) is 71.1 Å². The van der Waals surface area contributed by atoms with Crippen molar-refractivity contribution >= 4 is 33.4 Å². The normalized spacial score (nSPS) is 30.7. The molecule has 2 aliphatic carbocycles. The highest BCUT2D eigenvalue weighted by atomic mass is 32.2. The first-order valence-electron chi connectivity index (χ1n) is 13.9. The SMILES string of the molecule is CC1(S(=O)(=O)NC(=O)C23CC2C=CCCCCCC(Nc2cccc(F)c2)C(=O)N2CCCC2C(=O)N3)CC1. The summed E-state index contributed by atoms with van der Waals surface area (Å²) in [6.07, 6.45) is 10.1. The van der Waals surface area contributed by atoms with E-state index in [2.05, 4.69) is 15.4 Å². The molecule has 5 rings (SSSR count). The van der Waals surface area contributed by atoms with E-state index in [1.807, 2.05) is 12.2 Å². The molecule has 3 amide bonds. The molecular formula is C28H37FN4O5S. The molecule has 2 heterocycles. The first kappa shape index (κ1) is 27.6. The minimum absolute atomic E-state index is 0.236. The first-order chi connectivity index (χ1) is 18.5. The van der Waals surface area contributed by atoms with E-state index in [0.29, 0.717) is 50.8 Å². The van der Waals surface area contributed by atoms with Crippen LogP contribution in [0, 0.1) is 11.7 Å². The average molecular weight is 561 g/mol. The molecule has 4 atom stereocenters. The minimum atomic E-state index is -3.87. The number of carbonyl (C=O) groups is 3. The topological polar surface area (TPSA) is 125 Å². The van der Waals surface area contributed by atoms with Crippen LogP contribution < -0.4 is 15.4 Å². The Morgan fingerprint density at radius 2 is 1.92 bits per heavy atom. The molecule has 11 heteroatoms. The monoisotopic (exact) mass is 560 g/mol. The van der Waals surface area contributed by atoms with E-state index >= 15 is 0 Å². The zero-order chi connectivity index (χ0) is 27.8. The van der Waals surface area contributed by atoms with Crippen LogP contribution in [-0.2, 0) is 24.4 Å². The second kappa shape index (κ2) is 10.6. The van der Waals surface area contributed by atoms with E-state index in [4.69, 9.17) is 0 Å². The van der Waals surface area contributed by atoms with Gasteiger partial charge in [-0.25, -0.2) is 12.8 Å². The Hall–Kier alpha value is -2.95. The molecule has 2 saturated carbocycles. The number of anilines is 1. The van der Waals surface area contributed by atoms with Gasteiger partial charge in [-0.1, -0.05) is 31.1 Å². The maximum absolute atomic E-state index is 13.8. The van der Waals surface area contributed by atoms with Crippen LogP contribution in [0.5, 0.6) is 0 Å². The van der Waals surface area contributed by atoms with Gasteiger partial charge in [0.25, 0.3) is 5.91 Å². The van der Waals surface area contributed by atoms with Crippen LogP contribution in [0.3, 0.4) is 0 Å². The molecule has 1 saturated heterocycles. The van der Waals surface area contributed by atoms with Crippen molar-refractivity contribution < 1.29 is 27.2 Å². The summed E-state index contributed by atoms with van der Waals surface area (Å²) in [5, 5.41) is 6.04. The van der Waals surface area contributed by atoms with Gasteiger partial charge < -0.3 is 15.5 Å². The van der Waals surface area contributed by atoms with Crippen molar-refractivity contribution in [1.29, 1.82) is 0 Å². The van der Waals surface area contributed by atoms with Gasteiger partial charge in [0.2, 0.25) is 21.8 Å². The zero-order valence-corrected chi connectivity index (χ0v) is 23.1. The van der Waals surface area contributed by atoms with Crippen LogP contribution in [0.25, 0.3) is 0 Å². The average Bonchev–Trinajstić information content (AvgIpc) is 3.74. The Bertz CT molecular complexity index is 1280. The number of rotatable bonds is 5. The van der Waals surface area contributed by atoms with Gasteiger partial charge in [-0.3, -0.25) is 19.1 Å². The van der Waals surface area contributed by atoms with E-state index in [0.717, 1.165) is 25.7 Å². The van der Waals surface area contributed by atoms with Gasteiger partial charge in [-0.2, -0.15) is 0 Å². The number of hydrogen-bond acceptors (Lipinski definition) is 6. The molecule has 4 aliphatic rings. The lowest BCUT2D eigenvalue weighted by molar-refractivity contribution is -0.140. The predicted octanol–water partition coefficient (Wildman–Crippen LogP) is 2.99. The Kier molecular flexibility index (Phi) is 7.47. The Labute approximate surface area is 229 Å². The fourth-order valence-electron chi connectivity index (χ4n) is 5.65. The number of nitrogens with zero attached hydrogens (tertiary/aromatic N) is 1. The summed E-state index contributed by atoms with van der Waals surface area (Å²) in [5.74, 6) is -2.14. The molecule has 1 aromatic carbocycles. The van der Waals surface area contributed by atoms with Gasteiger partial charge in [0.05, 0.1) is 4.75 Å². The zero-order valence-electron chi connectivity index (χ0n) is 22.2. The van der Waals surface area contributed by atoms with Crippen molar-refractivity contribution in [2.24, 2.45) is 5.92 Å². The summed E-state index contributed by atoms with van der Waals surface area (Å²) in [6.45, 7) is 2.00. The second-order valence-electron chi connectivity index (χ2n) is 11.6. The lowest BCUT2D eigenvalue weighted by Gasteiger charge is -2.30. The highest BCUT2D eigenvalue weighted by molar-refractivity contribution is 7.91. The molecule has 0 spiro atoms. The molecule has 0 radical (unpaired) electrons. The fraction of sp³-hybridized carbons (Fsp3) is 0.607. The number of sulfonamides is 1. The van der Waals surface area contributed by atoms with E-state index < -0.39 is 50.0 Å². The Morgan fingerprint density at radius 3 is 2.67 bits per heavy atom. The van der Waals surface area contributed by atoms with E-state index in [-0.39, 0.29) is 11.8 Å². The summed E-state index contributed by atoms with van der Waals surface area (Å²) < 4.78 is 40.7. The Morgan fingerprint density at radius 1 is 1.13 bits per heavy atom. The van der Waals surface area contributed by atoms with Gasteiger partial charge >= 0.3 is 0 Å². The van der Waals surface area contributed by atoms with Gasteiger partial charge in [-0.05, 0) is 76.5 Å². The molecular weight excluding hydrogens is 523 g/mol. The highest BCUT2D eigenvalue weighted by Crippen LogP contribution is 2.47. The second-order valence-corrected chi connectivity index (χ2v) is 13.8. The van der Waals surface area contributed by atoms with Crippen molar-refractivity contribution in [3.8, 4) is 0 Å². The van der Waals surface area contributed by atoms with Crippen LogP contribution in [0.4, 0.5) is 10.1 Å². The summed E-state index contributed by atoms with van der Waals surface area (Å²) in [5.41, 5.74) is -0.862. The third-order valence-electron chi connectivity index (χ3n) is 8.63. The fourth-order valence-corrected chi connectivity index (χ4v) is 6.97.